The molecule has 1 aliphatic heterocycles. The van der Waals surface area contributed by atoms with Gasteiger partial charge in [-0.1, -0.05) is 0 Å². The fourth-order valence-corrected chi connectivity index (χ4v) is 2.65. The average molecular weight is 318 g/mol. The van der Waals surface area contributed by atoms with Crippen LogP contribution in [0.15, 0.2) is 30.5 Å². The lowest BCUT2D eigenvalue weighted by Gasteiger charge is -2.29. The Morgan fingerprint density at radius 1 is 1.17 bits per heavy atom. The smallest absolute Gasteiger partial charge is 0.336 e. The maximum absolute atomic E-state index is 13.8. The zero-order chi connectivity index (χ0) is 16.6. The summed E-state index contributed by atoms with van der Waals surface area (Å²) in [4.78, 5) is 29.2. The molecule has 23 heavy (non-hydrogen) atoms. The fourth-order valence-electron chi connectivity index (χ4n) is 2.65. The zero-order valence-corrected chi connectivity index (χ0v) is 11.9. The highest BCUT2D eigenvalue weighted by molar-refractivity contribution is 5.95. The minimum Gasteiger partial charge on any atom is -0.478 e. The molecule has 1 aromatic heterocycles. The minimum atomic E-state index is -1.11. The van der Waals surface area contributed by atoms with E-state index < -0.39 is 23.5 Å². The van der Waals surface area contributed by atoms with Crippen LogP contribution in [0.4, 0.5) is 8.78 Å². The topological polar surface area (TPSA) is 70.5 Å². The van der Waals surface area contributed by atoms with Gasteiger partial charge in [0.1, 0.15) is 11.6 Å². The molecule has 2 heterocycles. The Hall–Kier alpha value is -2.83. The number of rotatable bonds is 2. The molecular weight excluding hydrogens is 306 g/mol. The molecule has 0 bridgehead atoms. The molecule has 0 unspecified atom stereocenters. The van der Waals surface area contributed by atoms with E-state index >= 15 is 0 Å². The summed E-state index contributed by atoms with van der Waals surface area (Å²) in [7, 11) is 0. The van der Waals surface area contributed by atoms with Crippen molar-refractivity contribution in [2.45, 2.75) is 13.0 Å². The molecule has 1 N–H and O–H groups in total. The normalized spacial score (nSPS) is 13.6. The number of aromatic carboxylic acids is 1. The van der Waals surface area contributed by atoms with Crippen molar-refractivity contribution in [2.24, 2.45) is 0 Å². The Balaban J connectivity index is 1.92. The number of nitrogens with zero attached hydrogens (tertiary/aromatic N) is 2. The number of carboxylic acid groups (broad SMARTS) is 1. The van der Waals surface area contributed by atoms with Crippen LogP contribution in [0.3, 0.4) is 0 Å². The highest BCUT2D eigenvalue weighted by Gasteiger charge is 2.27. The molecule has 118 valence electrons. The van der Waals surface area contributed by atoms with E-state index in [4.69, 9.17) is 0 Å². The maximum Gasteiger partial charge on any atom is 0.336 e. The maximum atomic E-state index is 13.8. The van der Waals surface area contributed by atoms with E-state index in [-0.39, 0.29) is 17.7 Å². The van der Waals surface area contributed by atoms with Crippen LogP contribution >= 0.6 is 0 Å². The number of halogens is 2. The number of carboxylic acids is 1. The van der Waals surface area contributed by atoms with Crippen LogP contribution in [0, 0.1) is 11.6 Å². The molecule has 0 saturated carbocycles. The van der Waals surface area contributed by atoms with Gasteiger partial charge in [-0.05, 0) is 18.2 Å². The van der Waals surface area contributed by atoms with Gasteiger partial charge < -0.3 is 10.0 Å². The first-order valence-corrected chi connectivity index (χ1v) is 6.91. The Labute approximate surface area is 130 Å². The predicted octanol–water partition coefficient (Wildman–Crippen LogP) is 2.26. The molecule has 0 spiro atoms. The van der Waals surface area contributed by atoms with Gasteiger partial charge >= 0.3 is 5.97 Å². The van der Waals surface area contributed by atoms with E-state index in [1.165, 1.54) is 17.2 Å². The summed E-state index contributed by atoms with van der Waals surface area (Å²) in [6.07, 6.45) is 1.80. The quantitative estimate of drug-likeness (QED) is 0.922. The Kier molecular flexibility index (Phi) is 3.77. The standard InChI is InChI=1S/C16H12F2N2O3/c17-9-1-2-11(13(18)7-9)15(21)20-6-4-14-12(8-20)10(16(22)23)3-5-19-14/h1-3,5,7H,4,6,8H2,(H,22,23). The van der Waals surface area contributed by atoms with Gasteiger partial charge in [-0.3, -0.25) is 9.78 Å². The second-order valence-electron chi connectivity index (χ2n) is 5.19. The number of carbonyl (C=O) groups is 2. The number of fused-ring (bicyclic) bond motifs is 1. The van der Waals surface area contributed by atoms with Gasteiger partial charge in [0.2, 0.25) is 0 Å². The fraction of sp³-hybridized carbons (Fsp3) is 0.188. The zero-order valence-electron chi connectivity index (χ0n) is 11.9. The molecule has 0 aliphatic carbocycles. The van der Waals surface area contributed by atoms with E-state index in [0.29, 0.717) is 30.3 Å². The van der Waals surface area contributed by atoms with Crippen molar-refractivity contribution >= 4 is 11.9 Å². The van der Waals surface area contributed by atoms with Gasteiger partial charge in [-0.2, -0.15) is 0 Å². The number of carbonyl (C=O) groups excluding carboxylic acids is 1. The van der Waals surface area contributed by atoms with Crippen molar-refractivity contribution in [1.29, 1.82) is 0 Å². The molecule has 1 aromatic carbocycles. The van der Waals surface area contributed by atoms with Gasteiger partial charge in [0.25, 0.3) is 5.91 Å². The molecule has 5 nitrogen and oxygen atoms in total. The van der Waals surface area contributed by atoms with E-state index in [9.17, 15) is 23.5 Å². The summed E-state index contributed by atoms with van der Waals surface area (Å²) in [6.45, 7) is 0.319. The molecule has 3 rings (SSSR count). The number of benzene rings is 1. The third-order valence-electron chi connectivity index (χ3n) is 3.79. The Morgan fingerprint density at radius 3 is 2.65 bits per heavy atom. The number of pyridine rings is 1. The minimum absolute atomic E-state index is 0.0282. The highest BCUT2D eigenvalue weighted by Crippen LogP contribution is 2.23. The lowest BCUT2D eigenvalue weighted by molar-refractivity contribution is 0.0675. The van der Waals surface area contributed by atoms with Crippen molar-refractivity contribution in [3.05, 3.63) is 64.5 Å². The van der Waals surface area contributed by atoms with Gasteiger partial charge in [0.05, 0.1) is 11.1 Å². The lowest BCUT2D eigenvalue weighted by Crippen LogP contribution is -2.37. The summed E-state index contributed by atoms with van der Waals surface area (Å²) in [6, 6.07) is 4.12. The van der Waals surface area contributed by atoms with E-state index in [0.717, 1.165) is 12.1 Å². The molecule has 2 aromatic rings. The largest absolute Gasteiger partial charge is 0.478 e. The second-order valence-corrected chi connectivity index (χ2v) is 5.19. The van der Waals surface area contributed by atoms with Crippen molar-refractivity contribution in [3.8, 4) is 0 Å². The lowest BCUT2D eigenvalue weighted by atomic mass is 9.99. The van der Waals surface area contributed by atoms with E-state index in [1.54, 1.807) is 0 Å². The molecule has 1 amide bonds. The molecule has 0 atom stereocenters. The van der Waals surface area contributed by atoms with Crippen molar-refractivity contribution in [1.82, 2.24) is 9.88 Å². The third kappa shape index (κ3) is 2.77. The summed E-state index contributed by atoms with van der Waals surface area (Å²) in [5.74, 6) is -3.41. The summed E-state index contributed by atoms with van der Waals surface area (Å²) >= 11 is 0. The van der Waals surface area contributed by atoms with Crippen LogP contribution < -0.4 is 0 Å². The average Bonchev–Trinajstić information content (AvgIpc) is 2.53. The monoisotopic (exact) mass is 318 g/mol. The summed E-state index contributed by atoms with van der Waals surface area (Å²) in [5.41, 5.74) is 0.901. The molecule has 7 heteroatoms. The van der Waals surface area contributed by atoms with Crippen LogP contribution in [0.2, 0.25) is 0 Å². The predicted molar refractivity (Wildman–Crippen MR) is 76.0 cm³/mol. The van der Waals surface area contributed by atoms with Crippen molar-refractivity contribution < 1.29 is 23.5 Å². The van der Waals surface area contributed by atoms with Gasteiger partial charge in [0.15, 0.2) is 0 Å². The molecular formula is C16H12F2N2O3. The molecule has 1 aliphatic rings. The SMILES string of the molecule is O=C(O)c1ccnc2c1CN(C(=O)c1ccc(F)cc1F)CC2. The van der Waals surface area contributed by atoms with Crippen LogP contribution in [0.5, 0.6) is 0 Å². The number of hydrogen-bond acceptors (Lipinski definition) is 3. The van der Waals surface area contributed by atoms with E-state index in [2.05, 4.69) is 4.98 Å². The van der Waals surface area contributed by atoms with Gasteiger partial charge in [0, 0.05) is 43.0 Å². The van der Waals surface area contributed by atoms with Crippen molar-refractivity contribution in [2.75, 3.05) is 6.54 Å². The van der Waals surface area contributed by atoms with Crippen LogP contribution in [-0.4, -0.2) is 33.4 Å². The first-order valence-electron chi connectivity index (χ1n) is 6.91. The Bertz CT molecular complexity index is 808. The van der Waals surface area contributed by atoms with E-state index in [1.807, 2.05) is 0 Å². The first kappa shape index (κ1) is 15.1. The van der Waals surface area contributed by atoms with Crippen LogP contribution in [0.25, 0.3) is 0 Å². The first-order chi connectivity index (χ1) is 11.0. The number of amides is 1. The van der Waals surface area contributed by atoms with Crippen molar-refractivity contribution in [3.63, 3.8) is 0 Å². The number of hydrogen-bond donors (Lipinski definition) is 1. The number of aromatic nitrogens is 1. The molecule has 0 fully saturated rings. The second kappa shape index (κ2) is 5.75. The Morgan fingerprint density at radius 2 is 1.96 bits per heavy atom. The summed E-state index contributed by atoms with van der Waals surface area (Å²) in [5, 5.41) is 9.22. The van der Waals surface area contributed by atoms with Gasteiger partial charge in [-0.25, -0.2) is 13.6 Å². The highest BCUT2D eigenvalue weighted by atomic mass is 19.1. The van der Waals surface area contributed by atoms with Crippen LogP contribution in [-0.2, 0) is 13.0 Å². The summed E-state index contributed by atoms with van der Waals surface area (Å²) < 4.78 is 26.7. The van der Waals surface area contributed by atoms with Gasteiger partial charge in [-0.15, -0.1) is 0 Å². The third-order valence-corrected chi connectivity index (χ3v) is 3.79. The molecule has 0 saturated heterocycles. The molecule has 0 radical (unpaired) electrons. The van der Waals surface area contributed by atoms with Crippen LogP contribution in [0.1, 0.15) is 32.0 Å².